The van der Waals surface area contributed by atoms with Gasteiger partial charge in [-0.2, -0.15) is 0 Å². The second kappa shape index (κ2) is 9.65. The van der Waals surface area contributed by atoms with E-state index in [4.69, 9.17) is 4.42 Å². The van der Waals surface area contributed by atoms with Crippen molar-refractivity contribution in [1.29, 1.82) is 0 Å². The van der Waals surface area contributed by atoms with Gasteiger partial charge >= 0.3 is 0 Å². The highest BCUT2D eigenvalue weighted by atomic mass is 16.3. The molecule has 0 unspecified atom stereocenters. The predicted molar refractivity (Wildman–Crippen MR) is 192 cm³/mol. The van der Waals surface area contributed by atoms with Gasteiger partial charge in [0.25, 0.3) is 6.71 Å². The Balaban J connectivity index is 1.43. The van der Waals surface area contributed by atoms with E-state index >= 15 is 0 Å². The van der Waals surface area contributed by atoms with Gasteiger partial charge in [0.2, 0.25) is 0 Å². The maximum absolute atomic E-state index is 6.89. The molecule has 45 heavy (non-hydrogen) atoms. The Morgan fingerprint density at radius 1 is 0.578 bits per heavy atom. The number of rotatable bonds is 2. The predicted octanol–water partition coefficient (Wildman–Crippen LogP) is 9.42. The first-order valence-corrected chi connectivity index (χ1v) is 16.1. The van der Waals surface area contributed by atoms with Gasteiger partial charge in [0.1, 0.15) is 5.58 Å². The third-order valence-corrected chi connectivity index (χ3v) is 9.60. The van der Waals surface area contributed by atoms with Crippen molar-refractivity contribution in [2.75, 3.05) is 9.80 Å². The Hall–Kier alpha value is -4.70. The van der Waals surface area contributed by atoms with Crippen LogP contribution in [-0.2, 0) is 10.8 Å². The molecule has 0 atom stereocenters. The van der Waals surface area contributed by atoms with Crippen molar-refractivity contribution in [2.45, 2.75) is 59.3 Å². The molecule has 5 aromatic carbocycles. The summed E-state index contributed by atoms with van der Waals surface area (Å²) in [6, 6.07) is 40.3. The topological polar surface area (TPSA) is 19.6 Å². The fourth-order valence-corrected chi connectivity index (χ4v) is 7.28. The molecule has 0 spiro atoms. The van der Waals surface area contributed by atoms with E-state index in [-0.39, 0.29) is 17.5 Å². The smallest absolute Gasteiger partial charge is 0.297 e. The summed E-state index contributed by atoms with van der Waals surface area (Å²) in [6.45, 7) is 15.8. The minimum Gasteiger partial charge on any atom is -0.468 e. The molecule has 4 heteroatoms. The largest absolute Gasteiger partial charge is 0.468 e. The summed E-state index contributed by atoms with van der Waals surface area (Å²) in [5, 5.41) is 1.14. The van der Waals surface area contributed by atoms with Gasteiger partial charge in [0.05, 0.1) is 11.3 Å². The Morgan fingerprint density at radius 3 is 1.73 bits per heavy atom. The highest BCUT2D eigenvalue weighted by molar-refractivity contribution is 6.99. The van der Waals surface area contributed by atoms with Crippen LogP contribution in [0.15, 0.2) is 114 Å². The number of anilines is 6. The molecule has 3 heterocycles. The van der Waals surface area contributed by atoms with Crippen molar-refractivity contribution in [3.8, 4) is 0 Å². The second-order valence-corrected chi connectivity index (χ2v) is 14.8. The molecule has 0 N–H and O–H groups in total. The first-order valence-electron chi connectivity index (χ1n) is 16.1. The zero-order valence-electron chi connectivity index (χ0n) is 27.3. The number of nitrogens with zero attached hydrogens (tertiary/aromatic N) is 2. The number of para-hydroxylation sites is 2. The highest BCUT2D eigenvalue weighted by Crippen LogP contribution is 2.47. The van der Waals surface area contributed by atoms with E-state index < -0.39 is 0 Å². The maximum Gasteiger partial charge on any atom is 0.297 e. The molecule has 0 fully saturated rings. The third-order valence-electron chi connectivity index (χ3n) is 9.60. The van der Waals surface area contributed by atoms with E-state index in [0.717, 1.165) is 33.7 Å². The Morgan fingerprint density at radius 2 is 1.11 bits per heavy atom. The summed E-state index contributed by atoms with van der Waals surface area (Å²) >= 11 is 0. The lowest BCUT2D eigenvalue weighted by molar-refractivity contribution is 0.590. The molecule has 0 bridgehead atoms. The van der Waals surface area contributed by atoms with Crippen molar-refractivity contribution in [1.82, 2.24) is 0 Å². The van der Waals surface area contributed by atoms with E-state index in [1.54, 1.807) is 0 Å². The number of fused-ring (bicyclic) bond motifs is 6. The third kappa shape index (κ3) is 4.26. The summed E-state index contributed by atoms with van der Waals surface area (Å²) in [5.41, 5.74) is 15.6. The Bertz CT molecular complexity index is 2090. The molecule has 0 saturated heterocycles. The summed E-state index contributed by atoms with van der Waals surface area (Å²) < 4.78 is 6.89. The van der Waals surface area contributed by atoms with E-state index in [2.05, 4.69) is 167 Å². The zero-order valence-corrected chi connectivity index (χ0v) is 27.3. The van der Waals surface area contributed by atoms with Crippen LogP contribution in [-0.4, -0.2) is 6.71 Å². The van der Waals surface area contributed by atoms with Gasteiger partial charge in [-0.05, 0) is 100.0 Å². The molecule has 1 aromatic heterocycles. The molecule has 0 amide bonds. The van der Waals surface area contributed by atoms with Crippen LogP contribution in [0.2, 0.25) is 0 Å². The van der Waals surface area contributed by atoms with Crippen LogP contribution >= 0.6 is 0 Å². The summed E-state index contributed by atoms with van der Waals surface area (Å²) in [7, 11) is 0. The molecule has 3 nitrogen and oxygen atoms in total. The molecule has 222 valence electrons. The summed E-state index contributed by atoms with van der Waals surface area (Å²) in [6.07, 6.45) is 0. The number of hydrogen-bond acceptors (Lipinski definition) is 3. The van der Waals surface area contributed by atoms with Crippen molar-refractivity contribution >= 4 is 68.4 Å². The van der Waals surface area contributed by atoms with E-state index in [1.807, 2.05) is 0 Å². The average Bonchev–Trinajstić information content (AvgIpc) is 3.39. The van der Waals surface area contributed by atoms with Crippen LogP contribution in [0.1, 0.15) is 58.2 Å². The Kier molecular flexibility index (Phi) is 5.97. The molecule has 6 aromatic rings. The van der Waals surface area contributed by atoms with Crippen molar-refractivity contribution in [3.63, 3.8) is 0 Å². The lowest BCUT2D eigenvalue weighted by Crippen LogP contribution is -2.61. The standard InChI is InChI=1S/C41H39BN2O/c1-26-24-34-37-35(25-26)44(30-22-18-28(19-23-30)41(5,6)7)38-31-12-8-11-15-36(31)45-39(38)42(37)32-13-9-10-14-33(32)43(34)29-20-16-27(17-21-29)40(2,3)4/h8-25H,1-7H3. The molecular formula is C41H39BN2O. The zero-order chi connectivity index (χ0) is 31.2. The van der Waals surface area contributed by atoms with Gasteiger partial charge in [-0.25, -0.2) is 0 Å². The van der Waals surface area contributed by atoms with Crippen LogP contribution in [0, 0.1) is 6.92 Å². The van der Waals surface area contributed by atoms with Gasteiger partial charge in [-0.1, -0.05) is 96.1 Å². The van der Waals surface area contributed by atoms with Crippen LogP contribution in [0.3, 0.4) is 0 Å². The fourth-order valence-electron chi connectivity index (χ4n) is 7.28. The van der Waals surface area contributed by atoms with E-state index in [0.29, 0.717) is 0 Å². The van der Waals surface area contributed by atoms with Crippen LogP contribution in [0.4, 0.5) is 34.1 Å². The lowest BCUT2D eigenvalue weighted by atomic mass is 9.35. The Labute approximate surface area is 267 Å². The SMILES string of the molecule is Cc1cc2c3c(c1)N(c1ccc(C(C)(C)C)cc1)c1c(oc4ccccc14)B3c1ccccc1N2c1ccc(C(C)(C)C)cc1. The number of hydrogen-bond donors (Lipinski definition) is 0. The number of benzene rings is 5. The van der Waals surface area contributed by atoms with Crippen LogP contribution in [0.25, 0.3) is 11.0 Å². The molecule has 0 aliphatic carbocycles. The van der Waals surface area contributed by atoms with Crippen LogP contribution < -0.4 is 26.4 Å². The van der Waals surface area contributed by atoms with Gasteiger partial charge in [-0.15, -0.1) is 0 Å². The number of furan rings is 1. The maximum atomic E-state index is 6.89. The normalized spacial score (nSPS) is 14.0. The highest BCUT2D eigenvalue weighted by Gasteiger charge is 2.46. The van der Waals surface area contributed by atoms with Gasteiger partial charge in [0.15, 0.2) is 0 Å². The van der Waals surface area contributed by atoms with Crippen molar-refractivity contribution in [2.24, 2.45) is 0 Å². The van der Waals surface area contributed by atoms with Crippen LogP contribution in [0.5, 0.6) is 0 Å². The van der Waals surface area contributed by atoms with Gasteiger partial charge in [0, 0.05) is 33.8 Å². The quantitative estimate of drug-likeness (QED) is 0.188. The minimum absolute atomic E-state index is 0.0237. The fraction of sp³-hybridized carbons (Fsp3) is 0.220. The molecule has 0 saturated carbocycles. The number of aryl methyl sites for hydroxylation is 1. The van der Waals surface area contributed by atoms with Crippen molar-refractivity contribution in [3.05, 3.63) is 126 Å². The van der Waals surface area contributed by atoms with E-state index in [1.165, 1.54) is 44.7 Å². The molecule has 2 aliphatic heterocycles. The molecular weight excluding hydrogens is 547 g/mol. The average molecular weight is 587 g/mol. The second-order valence-electron chi connectivity index (χ2n) is 14.8. The van der Waals surface area contributed by atoms with Crippen molar-refractivity contribution < 1.29 is 4.42 Å². The first kappa shape index (κ1) is 27.8. The van der Waals surface area contributed by atoms with E-state index in [9.17, 15) is 0 Å². The van der Waals surface area contributed by atoms with Gasteiger partial charge in [-0.3, -0.25) is 0 Å². The lowest BCUT2D eigenvalue weighted by Gasteiger charge is -2.42. The first-order chi connectivity index (χ1) is 21.5. The summed E-state index contributed by atoms with van der Waals surface area (Å²) in [4.78, 5) is 4.91. The molecule has 2 aliphatic rings. The minimum atomic E-state index is -0.0237. The summed E-state index contributed by atoms with van der Waals surface area (Å²) in [5.74, 6) is 0. The van der Waals surface area contributed by atoms with Gasteiger partial charge < -0.3 is 14.2 Å². The molecule has 8 rings (SSSR count). The monoisotopic (exact) mass is 586 g/mol. The molecule has 0 radical (unpaired) electrons.